The van der Waals surface area contributed by atoms with Crippen LogP contribution in [0, 0.1) is 25.7 Å². The van der Waals surface area contributed by atoms with Crippen molar-refractivity contribution in [2.75, 3.05) is 4.90 Å². The lowest BCUT2D eigenvalue weighted by Gasteiger charge is -2.29. The minimum Gasteiger partial charge on any atom is -0.451 e. The van der Waals surface area contributed by atoms with E-state index in [2.05, 4.69) is 47.8 Å². The highest BCUT2D eigenvalue weighted by Gasteiger charge is 2.52. The summed E-state index contributed by atoms with van der Waals surface area (Å²) in [4.78, 5) is 59.7. The normalized spacial score (nSPS) is 22.0. The van der Waals surface area contributed by atoms with E-state index in [1.54, 1.807) is 49.4 Å². The summed E-state index contributed by atoms with van der Waals surface area (Å²) in [5.41, 5.74) is 4.94. The van der Waals surface area contributed by atoms with Gasteiger partial charge in [0.1, 0.15) is 0 Å². The summed E-state index contributed by atoms with van der Waals surface area (Å²) in [6.45, 7) is 5.41. The van der Waals surface area contributed by atoms with Gasteiger partial charge in [0.25, 0.3) is 0 Å². The number of halogens is 3. The first-order valence-corrected chi connectivity index (χ1v) is 17.2. The molecule has 0 radical (unpaired) electrons. The molecule has 1 aliphatic carbocycles. The van der Waals surface area contributed by atoms with E-state index in [1.807, 2.05) is 38.1 Å². The van der Waals surface area contributed by atoms with Gasteiger partial charge in [0, 0.05) is 30.6 Å². The van der Waals surface area contributed by atoms with Crippen molar-refractivity contribution < 1.29 is 23.9 Å². The summed E-state index contributed by atoms with van der Waals surface area (Å²) >= 11 is 10.8. The van der Waals surface area contributed by atoms with Crippen molar-refractivity contribution in [1.29, 1.82) is 0 Å². The van der Waals surface area contributed by atoms with E-state index in [1.165, 1.54) is 4.90 Å². The Morgan fingerprint density at radius 1 is 0.889 bits per heavy atom. The number of ether oxygens (including phenoxy) is 1. The number of aryl methyl sites for hydroxylation is 2. The third-order valence-corrected chi connectivity index (χ3v) is 11.8. The molecule has 0 bridgehead atoms. The van der Waals surface area contributed by atoms with Crippen LogP contribution in [0.2, 0.25) is 0 Å². The van der Waals surface area contributed by atoms with E-state index in [0.29, 0.717) is 46.3 Å². The minimum absolute atomic E-state index is 0.130. The lowest BCUT2D eigenvalue weighted by molar-refractivity contribution is -0.122. The van der Waals surface area contributed by atoms with E-state index >= 15 is 0 Å². The molecule has 2 fully saturated rings. The predicted molar refractivity (Wildman–Crippen MR) is 184 cm³/mol. The number of aromatic nitrogens is 1. The number of pyridine rings is 1. The van der Waals surface area contributed by atoms with Crippen LogP contribution in [0.1, 0.15) is 51.6 Å². The third-order valence-electron chi connectivity index (χ3n) is 8.61. The van der Waals surface area contributed by atoms with Crippen LogP contribution in [0.25, 0.3) is 22.2 Å². The number of amides is 2. The first kappa shape index (κ1) is 31.8. The van der Waals surface area contributed by atoms with Crippen LogP contribution in [-0.4, -0.2) is 44.3 Å². The summed E-state index contributed by atoms with van der Waals surface area (Å²) in [5, 5.41) is 0.591. The van der Waals surface area contributed by atoms with Gasteiger partial charge in [0.2, 0.25) is 17.6 Å². The molecule has 2 heterocycles. The van der Waals surface area contributed by atoms with Crippen molar-refractivity contribution in [2.24, 2.45) is 11.8 Å². The van der Waals surface area contributed by atoms with Crippen molar-refractivity contribution in [3.8, 4) is 11.3 Å². The van der Waals surface area contributed by atoms with Crippen LogP contribution in [-0.2, 0) is 14.3 Å². The topological polar surface area (TPSA) is 93.6 Å². The fourth-order valence-electron chi connectivity index (χ4n) is 6.13. The van der Waals surface area contributed by atoms with Gasteiger partial charge in [-0.2, -0.15) is 0 Å². The van der Waals surface area contributed by atoms with Gasteiger partial charge >= 0.3 is 5.97 Å². The average molecular weight is 797 g/mol. The van der Waals surface area contributed by atoms with Crippen LogP contribution in [0.15, 0.2) is 71.2 Å². The Morgan fingerprint density at radius 3 is 2.09 bits per heavy atom. The van der Waals surface area contributed by atoms with E-state index in [4.69, 9.17) is 9.72 Å². The fourth-order valence-corrected chi connectivity index (χ4v) is 7.94. The van der Waals surface area contributed by atoms with Crippen LogP contribution < -0.4 is 4.90 Å². The van der Waals surface area contributed by atoms with Gasteiger partial charge in [0.15, 0.2) is 6.10 Å². The van der Waals surface area contributed by atoms with Crippen LogP contribution >= 0.6 is 47.8 Å². The number of fused-ring (bicyclic) bond motifs is 2. The average Bonchev–Trinajstić information content (AvgIpc) is 3.25. The van der Waals surface area contributed by atoms with Gasteiger partial charge in [-0.15, -0.1) is 0 Å². The van der Waals surface area contributed by atoms with Gasteiger partial charge in [-0.3, -0.25) is 19.3 Å². The Labute approximate surface area is 286 Å². The Balaban J connectivity index is 1.31. The number of ketones is 1. The molecule has 1 saturated carbocycles. The van der Waals surface area contributed by atoms with E-state index < -0.39 is 12.1 Å². The number of carbonyl (C=O) groups excluding carboxylic acids is 4. The zero-order chi connectivity index (χ0) is 32.2. The molecule has 5 atom stereocenters. The summed E-state index contributed by atoms with van der Waals surface area (Å²) in [6, 6.07) is 19.6. The largest absolute Gasteiger partial charge is 0.451 e. The number of hydrogen-bond acceptors (Lipinski definition) is 6. The summed E-state index contributed by atoms with van der Waals surface area (Å²) in [6.07, 6.45) is 0.201. The number of alkyl halides is 2. The molecule has 2 aliphatic rings. The highest BCUT2D eigenvalue weighted by atomic mass is 79.9. The second-order valence-corrected chi connectivity index (χ2v) is 15.0. The molecule has 2 amide bonds. The number of anilines is 1. The number of hydrogen-bond donors (Lipinski definition) is 0. The van der Waals surface area contributed by atoms with Crippen molar-refractivity contribution in [3.63, 3.8) is 0 Å². The first-order valence-electron chi connectivity index (χ1n) is 14.6. The number of benzene rings is 3. The molecule has 3 aromatic carbocycles. The molecule has 1 saturated heterocycles. The van der Waals surface area contributed by atoms with E-state index in [-0.39, 0.29) is 44.7 Å². The Bertz CT molecular complexity index is 1830. The maximum absolute atomic E-state index is 13.6. The van der Waals surface area contributed by atoms with E-state index in [0.717, 1.165) is 15.6 Å². The number of nitrogens with zero attached hydrogens (tertiary/aromatic N) is 2. The van der Waals surface area contributed by atoms with E-state index in [9.17, 15) is 19.2 Å². The quantitative estimate of drug-likeness (QED) is 0.0847. The number of imide groups is 1. The minimum atomic E-state index is -1.00. The van der Waals surface area contributed by atoms with Gasteiger partial charge in [-0.05, 0) is 69.5 Å². The highest BCUT2D eigenvalue weighted by Crippen LogP contribution is 2.44. The van der Waals surface area contributed by atoms with Crippen LogP contribution in [0.3, 0.4) is 0 Å². The van der Waals surface area contributed by atoms with Crippen molar-refractivity contribution >= 4 is 87.9 Å². The smallest absolute Gasteiger partial charge is 0.339 e. The summed E-state index contributed by atoms with van der Waals surface area (Å²) < 4.78 is 6.49. The molecule has 6 rings (SSSR count). The van der Waals surface area contributed by atoms with Crippen LogP contribution in [0.4, 0.5) is 5.69 Å². The molecule has 45 heavy (non-hydrogen) atoms. The van der Waals surface area contributed by atoms with Gasteiger partial charge in [0.05, 0.1) is 34.3 Å². The lowest BCUT2D eigenvalue weighted by Crippen LogP contribution is -2.34. The van der Waals surface area contributed by atoms with Crippen molar-refractivity contribution in [2.45, 2.75) is 49.4 Å². The van der Waals surface area contributed by atoms with Crippen molar-refractivity contribution in [1.82, 2.24) is 4.98 Å². The monoisotopic (exact) mass is 794 g/mol. The fraction of sp³-hybridized carbons (Fsp3) is 0.286. The predicted octanol–water partition coefficient (Wildman–Crippen LogP) is 8.14. The Kier molecular flexibility index (Phi) is 8.84. The molecule has 5 unspecified atom stereocenters. The lowest BCUT2D eigenvalue weighted by atomic mass is 9.81. The number of carbonyl (C=O) groups is 4. The molecule has 7 nitrogen and oxygen atoms in total. The SMILES string of the molecule is Cc1ccc(C(=O)C(C)OC(=O)c2cc(-c3ccc(N4C(=O)C5CC(Br)C(Br)CC5C4=O)cc3)nc3c(C)cc(Br)cc23)cc1. The maximum Gasteiger partial charge on any atom is 0.339 e. The van der Waals surface area contributed by atoms with Crippen LogP contribution in [0.5, 0.6) is 0 Å². The summed E-state index contributed by atoms with van der Waals surface area (Å²) in [5.74, 6) is -1.96. The molecule has 0 spiro atoms. The molecule has 230 valence electrons. The molecule has 1 aromatic heterocycles. The number of rotatable bonds is 6. The second-order valence-electron chi connectivity index (χ2n) is 11.7. The molecule has 0 N–H and O–H groups in total. The van der Waals surface area contributed by atoms with Gasteiger partial charge in [-0.1, -0.05) is 89.8 Å². The zero-order valence-corrected chi connectivity index (χ0v) is 29.5. The molecule has 1 aliphatic heterocycles. The molecular formula is C35H29Br3N2O5. The highest BCUT2D eigenvalue weighted by molar-refractivity contribution is 9.12. The maximum atomic E-state index is 13.6. The Morgan fingerprint density at radius 2 is 1.49 bits per heavy atom. The molecule has 10 heteroatoms. The molecule has 4 aromatic rings. The van der Waals surface area contributed by atoms with Gasteiger partial charge < -0.3 is 4.74 Å². The third kappa shape index (κ3) is 6.04. The zero-order valence-electron chi connectivity index (χ0n) is 24.7. The van der Waals surface area contributed by atoms with Crippen molar-refractivity contribution in [3.05, 3.63) is 93.5 Å². The molecular weight excluding hydrogens is 768 g/mol. The number of Topliss-reactive ketones (excluding diaryl/α,β-unsaturated/α-hetero) is 1. The van der Waals surface area contributed by atoms with Gasteiger partial charge in [-0.25, -0.2) is 9.78 Å². The second kappa shape index (κ2) is 12.5. The standard InChI is InChI=1S/C35H29Br3N2O5/c1-17-4-6-21(7-5-17)32(41)19(3)45-35(44)27-16-30(39-31-18(2)12-22(36)13-24(27)31)20-8-10-23(11-9-20)40-33(42)25-14-28(37)29(38)15-26(25)34(40)43/h4-13,16,19,25-26,28-29H,14-15H2,1-3H3. The first-order chi connectivity index (χ1) is 21.4. The Hall–Kier alpha value is -3.21. The number of esters is 1. The summed E-state index contributed by atoms with van der Waals surface area (Å²) in [7, 11) is 0.